The second kappa shape index (κ2) is 9.38. The van der Waals surface area contributed by atoms with Gasteiger partial charge in [0.1, 0.15) is 0 Å². The molecular formula is C25H25F3N2O3S. The minimum atomic E-state index is -4.63. The number of benzene rings is 3. The van der Waals surface area contributed by atoms with Crippen molar-refractivity contribution in [2.75, 3.05) is 13.1 Å². The number of halogens is 3. The Hall–Kier alpha value is -2.91. The van der Waals surface area contributed by atoms with E-state index in [0.717, 1.165) is 38.8 Å². The molecule has 1 unspecified atom stereocenters. The van der Waals surface area contributed by atoms with Crippen molar-refractivity contribution in [3.63, 3.8) is 0 Å². The molecule has 9 heteroatoms. The predicted octanol–water partition coefficient (Wildman–Crippen LogP) is 5.14. The van der Waals surface area contributed by atoms with Crippen LogP contribution in [0.5, 0.6) is 0 Å². The van der Waals surface area contributed by atoms with Crippen LogP contribution in [0, 0.1) is 5.92 Å². The maximum absolute atomic E-state index is 13.0. The van der Waals surface area contributed by atoms with Crippen LogP contribution in [-0.4, -0.2) is 31.7 Å². The lowest BCUT2D eigenvalue weighted by Gasteiger charge is -2.31. The first-order valence-corrected chi connectivity index (χ1v) is 12.5. The van der Waals surface area contributed by atoms with Gasteiger partial charge in [0.2, 0.25) is 15.9 Å². The van der Waals surface area contributed by atoms with Crippen LogP contribution in [-0.2, 0) is 21.0 Å². The number of nitrogens with zero attached hydrogens (tertiary/aromatic N) is 1. The highest BCUT2D eigenvalue weighted by Crippen LogP contribution is 2.32. The highest BCUT2D eigenvalue weighted by Gasteiger charge is 2.35. The molecule has 0 radical (unpaired) electrons. The molecule has 5 nitrogen and oxygen atoms in total. The number of hydrogen-bond donors (Lipinski definition) is 1. The molecule has 1 amide bonds. The second-order valence-electron chi connectivity index (χ2n) is 8.50. The number of piperidine rings is 1. The first-order valence-electron chi connectivity index (χ1n) is 11.0. The Morgan fingerprint density at radius 3 is 2.35 bits per heavy atom. The highest BCUT2D eigenvalue weighted by molar-refractivity contribution is 7.89. The number of hydrogen-bond acceptors (Lipinski definition) is 3. The van der Waals surface area contributed by atoms with Gasteiger partial charge in [-0.25, -0.2) is 8.42 Å². The summed E-state index contributed by atoms with van der Waals surface area (Å²) in [7, 11) is -4.08. The van der Waals surface area contributed by atoms with E-state index in [1.807, 2.05) is 49.4 Å². The van der Waals surface area contributed by atoms with Gasteiger partial charge in [0.25, 0.3) is 0 Å². The summed E-state index contributed by atoms with van der Waals surface area (Å²) in [5.74, 6) is -0.526. The van der Waals surface area contributed by atoms with Crippen molar-refractivity contribution in [1.29, 1.82) is 0 Å². The summed E-state index contributed by atoms with van der Waals surface area (Å²) in [4.78, 5) is 12.5. The largest absolute Gasteiger partial charge is 0.416 e. The zero-order valence-corrected chi connectivity index (χ0v) is 19.4. The van der Waals surface area contributed by atoms with Crippen molar-refractivity contribution in [3.8, 4) is 0 Å². The van der Waals surface area contributed by atoms with E-state index in [9.17, 15) is 26.4 Å². The Balaban J connectivity index is 1.41. The van der Waals surface area contributed by atoms with Crippen LogP contribution < -0.4 is 5.32 Å². The van der Waals surface area contributed by atoms with Gasteiger partial charge in [-0.15, -0.1) is 0 Å². The van der Waals surface area contributed by atoms with Crippen molar-refractivity contribution >= 4 is 26.7 Å². The average Bonchev–Trinajstić information content (AvgIpc) is 2.83. The van der Waals surface area contributed by atoms with Crippen LogP contribution in [0.1, 0.15) is 36.9 Å². The fraction of sp³-hybridized carbons (Fsp3) is 0.320. The summed E-state index contributed by atoms with van der Waals surface area (Å²) in [6, 6.07) is 17.3. The van der Waals surface area contributed by atoms with Crippen LogP contribution in [0.3, 0.4) is 0 Å². The number of carbonyl (C=O) groups excluding carboxylic acids is 1. The van der Waals surface area contributed by atoms with Crippen molar-refractivity contribution < 1.29 is 26.4 Å². The van der Waals surface area contributed by atoms with E-state index in [2.05, 4.69) is 5.32 Å². The van der Waals surface area contributed by atoms with Crippen molar-refractivity contribution in [1.82, 2.24) is 9.62 Å². The van der Waals surface area contributed by atoms with Gasteiger partial charge in [-0.2, -0.15) is 17.5 Å². The fourth-order valence-corrected chi connectivity index (χ4v) is 5.89. The van der Waals surface area contributed by atoms with E-state index < -0.39 is 26.7 Å². The second-order valence-corrected chi connectivity index (χ2v) is 10.4. The van der Waals surface area contributed by atoms with E-state index in [1.54, 1.807) is 0 Å². The molecule has 34 heavy (non-hydrogen) atoms. The van der Waals surface area contributed by atoms with Gasteiger partial charge >= 0.3 is 6.18 Å². The number of carbonyl (C=O) groups is 1. The van der Waals surface area contributed by atoms with Gasteiger partial charge < -0.3 is 5.32 Å². The predicted molar refractivity (Wildman–Crippen MR) is 123 cm³/mol. The zero-order valence-electron chi connectivity index (χ0n) is 18.5. The SMILES string of the molecule is CC(NC(=O)C1CCN(S(=O)(=O)c2cccc(C(F)(F)F)c2)CC1)c1cccc2ccccc12. The third kappa shape index (κ3) is 4.95. The lowest BCUT2D eigenvalue weighted by atomic mass is 9.95. The lowest BCUT2D eigenvalue weighted by Crippen LogP contribution is -2.43. The first kappa shape index (κ1) is 24.2. The van der Waals surface area contributed by atoms with E-state index in [1.165, 1.54) is 0 Å². The maximum atomic E-state index is 13.0. The molecule has 0 aromatic heterocycles. The van der Waals surface area contributed by atoms with Gasteiger partial charge in [0.05, 0.1) is 16.5 Å². The average molecular weight is 491 g/mol. The molecule has 1 aliphatic rings. The van der Waals surface area contributed by atoms with E-state index in [0.29, 0.717) is 18.9 Å². The van der Waals surface area contributed by atoms with Crippen molar-refractivity contribution in [2.24, 2.45) is 5.92 Å². The van der Waals surface area contributed by atoms with Gasteiger partial charge in [-0.3, -0.25) is 4.79 Å². The molecule has 0 aliphatic carbocycles. The minimum absolute atomic E-state index is 0.0688. The monoisotopic (exact) mass is 490 g/mol. The van der Waals surface area contributed by atoms with Crippen LogP contribution in [0.4, 0.5) is 13.2 Å². The highest BCUT2D eigenvalue weighted by atomic mass is 32.2. The Morgan fingerprint density at radius 2 is 1.65 bits per heavy atom. The standard InChI is InChI=1S/C25H25F3N2O3S/c1-17(22-11-4-7-18-6-2-3-10-23(18)22)29-24(31)19-12-14-30(15-13-19)34(32,33)21-9-5-8-20(16-21)25(26,27)28/h2-11,16-17,19H,12-15H2,1H3,(H,29,31). The van der Waals surface area contributed by atoms with Crippen molar-refractivity contribution in [2.45, 2.75) is 36.9 Å². The molecule has 0 spiro atoms. The van der Waals surface area contributed by atoms with Crippen LogP contribution in [0.15, 0.2) is 71.6 Å². The quantitative estimate of drug-likeness (QED) is 0.539. The van der Waals surface area contributed by atoms with Crippen molar-refractivity contribution in [3.05, 3.63) is 77.9 Å². The number of amides is 1. The normalized spacial score (nSPS) is 16.9. The van der Waals surface area contributed by atoms with Gasteiger partial charge in [-0.1, -0.05) is 48.5 Å². The fourth-order valence-electron chi connectivity index (χ4n) is 4.38. The number of rotatable bonds is 5. The number of alkyl halides is 3. The maximum Gasteiger partial charge on any atom is 0.416 e. The molecule has 1 N–H and O–H groups in total. The number of sulfonamides is 1. The molecule has 4 rings (SSSR count). The van der Waals surface area contributed by atoms with E-state index >= 15 is 0 Å². The number of fused-ring (bicyclic) bond motifs is 1. The van der Waals surface area contributed by atoms with E-state index in [4.69, 9.17) is 0 Å². The lowest BCUT2D eigenvalue weighted by molar-refractivity contribution is -0.137. The molecule has 0 bridgehead atoms. The Labute approximate surface area is 196 Å². The molecule has 1 fully saturated rings. The molecule has 0 saturated carbocycles. The molecular weight excluding hydrogens is 465 g/mol. The molecule has 1 saturated heterocycles. The molecule has 1 atom stereocenters. The topological polar surface area (TPSA) is 66.5 Å². The first-order chi connectivity index (χ1) is 16.1. The summed E-state index contributed by atoms with van der Waals surface area (Å²) < 4.78 is 65.9. The summed E-state index contributed by atoms with van der Waals surface area (Å²) >= 11 is 0. The third-order valence-electron chi connectivity index (χ3n) is 6.27. The molecule has 1 aliphatic heterocycles. The molecule has 3 aromatic carbocycles. The molecule has 3 aromatic rings. The van der Waals surface area contributed by atoms with E-state index in [-0.39, 0.29) is 31.0 Å². The summed E-state index contributed by atoms with van der Waals surface area (Å²) in [5, 5.41) is 5.17. The Morgan fingerprint density at radius 1 is 1.00 bits per heavy atom. The summed E-state index contributed by atoms with van der Waals surface area (Å²) in [6.07, 6.45) is -4.03. The van der Waals surface area contributed by atoms with Gasteiger partial charge in [0.15, 0.2) is 0 Å². The van der Waals surface area contributed by atoms with Crippen LogP contribution in [0.25, 0.3) is 10.8 Å². The molecule has 180 valence electrons. The van der Waals surface area contributed by atoms with Gasteiger partial charge in [0, 0.05) is 19.0 Å². The smallest absolute Gasteiger partial charge is 0.349 e. The zero-order chi connectivity index (χ0) is 24.5. The Kier molecular flexibility index (Phi) is 6.69. The third-order valence-corrected chi connectivity index (χ3v) is 8.17. The summed E-state index contributed by atoms with van der Waals surface area (Å²) in [5.41, 5.74) is -0.0127. The summed E-state index contributed by atoms with van der Waals surface area (Å²) in [6.45, 7) is 2.05. The Bertz CT molecular complexity index is 1290. The van der Waals surface area contributed by atoms with Crippen LogP contribution >= 0.6 is 0 Å². The minimum Gasteiger partial charge on any atom is -0.349 e. The van der Waals surface area contributed by atoms with Gasteiger partial charge in [-0.05, 0) is 54.3 Å². The molecule has 1 heterocycles. The number of nitrogens with one attached hydrogen (secondary N) is 1. The van der Waals surface area contributed by atoms with Crippen LogP contribution in [0.2, 0.25) is 0 Å².